The number of fused-ring (bicyclic) bond motifs is 1. The zero-order chi connectivity index (χ0) is 19.6. The topological polar surface area (TPSA) is 13.1 Å². The standard InChI is InChI=1S/C13H9O.C9H13.2CH3.2ClH.H2Si.Zr/c1-2-4-12-10(3-1)5-6-13(12)11-7-8-14-9-11;1-6-5-7(2)9(4)8(6)3;;;;;;/h1-9H;6H,1-4H3;2*1H3;2*1H;1H2;. The Bertz CT molecular complexity index is 1100. The maximum Gasteiger partial charge on any atom is -0.147 e. The smallest absolute Gasteiger partial charge is 0.147 e. The number of benzene rings is 1. The van der Waals surface area contributed by atoms with E-state index >= 15 is 0 Å². The zero-order valence-corrected chi connectivity index (χ0v) is 23.7. The van der Waals surface area contributed by atoms with Gasteiger partial charge in [0.1, 0.15) is 0 Å². The van der Waals surface area contributed by atoms with Gasteiger partial charge in [-0.2, -0.15) is 0 Å². The Morgan fingerprint density at radius 2 is 1.62 bits per heavy atom. The molecule has 0 saturated carbocycles. The van der Waals surface area contributed by atoms with Crippen LogP contribution in [0.4, 0.5) is 0 Å². The van der Waals surface area contributed by atoms with Gasteiger partial charge < -0.3 is 0 Å². The third kappa shape index (κ3) is 3.67. The Kier molecular flexibility index (Phi) is 6.93. The van der Waals surface area contributed by atoms with E-state index in [0.717, 1.165) is 0 Å². The molecular formula is C24H32Cl2OSiZr. The van der Waals surface area contributed by atoms with Crippen molar-refractivity contribution in [1.82, 2.24) is 0 Å². The van der Waals surface area contributed by atoms with Crippen molar-refractivity contribution < 1.29 is 21.8 Å². The second-order valence-corrected chi connectivity index (χ2v) is 39.1. The first-order valence-electron chi connectivity index (χ1n) is 9.92. The largest absolute Gasteiger partial charge is 0.147 e. The monoisotopic (exact) mass is 524 g/mol. The van der Waals surface area contributed by atoms with Crippen LogP contribution in [0.15, 0.2) is 73.4 Å². The molecule has 5 heteroatoms. The van der Waals surface area contributed by atoms with Crippen molar-refractivity contribution in [3.63, 3.8) is 0 Å². The molecule has 0 amide bonds. The van der Waals surface area contributed by atoms with Crippen LogP contribution in [0.1, 0.15) is 48.0 Å². The minimum absolute atomic E-state index is 0. The van der Waals surface area contributed by atoms with Crippen molar-refractivity contribution in [2.24, 2.45) is 5.92 Å². The molecule has 0 fully saturated rings. The molecule has 1 nitrogen and oxygen atoms in total. The van der Waals surface area contributed by atoms with Crippen molar-refractivity contribution in [2.45, 2.75) is 40.6 Å². The van der Waals surface area contributed by atoms with Crippen molar-refractivity contribution in [3.05, 3.63) is 85.6 Å². The van der Waals surface area contributed by atoms with E-state index < -0.39 is 17.4 Å². The summed E-state index contributed by atoms with van der Waals surface area (Å²) in [7, 11) is 0. The van der Waals surface area contributed by atoms with Gasteiger partial charge in [0.15, 0.2) is 0 Å². The average Bonchev–Trinajstić information content (AvgIpc) is 3.30. The molecule has 1 aromatic heterocycles. The van der Waals surface area contributed by atoms with Gasteiger partial charge in [-0.05, 0) is 0 Å². The van der Waals surface area contributed by atoms with E-state index in [-0.39, 0.29) is 24.8 Å². The van der Waals surface area contributed by atoms with E-state index in [4.69, 9.17) is 4.42 Å². The molecule has 0 bridgehead atoms. The summed E-state index contributed by atoms with van der Waals surface area (Å²) >= 11 is -3.29. The third-order valence-electron chi connectivity index (χ3n) is 7.27. The van der Waals surface area contributed by atoms with Gasteiger partial charge in [0, 0.05) is 0 Å². The van der Waals surface area contributed by atoms with Gasteiger partial charge >= 0.3 is 166 Å². The second-order valence-electron chi connectivity index (χ2n) is 9.54. The van der Waals surface area contributed by atoms with E-state index in [1.807, 2.05) is 6.26 Å². The Morgan fingerprint density at radius 1 is 0.966 bits per heavy atom. The molecule has 1 heterocycles. The van der Waals surface area contributed by atoms with E-state index in [0.29, 0.717) is 9.54 Å². The number of rotatable bonds is 3. The number of halogens is 2. The predicted molar refractivity (Wildman–Crippen MR) is 130 cm³/mol. The molecule has 2 aliphatic rings. The van der Waals surface area contributed by atoms with Crippen molar-refractivity contribution >= 4 is 37.3 Å². The van der Waals surface area contributed by atoms with E-state index in [9.17, 15) is 0 Å². The molecule has 0 radical (unpaired) electrons. The van der Waals surface area contributed by atoms with Crippen molar-refractivity contribution in [2.75, 3.05) is 0 Å². The Morgan fingerprint density at radius 3 is 2.17 bits per heavy atom. The molecule has 2 aromatic rings. The molecule has 1 aromatic carbocycles. The van der Waals surface area contributed by atoms with Crippen LogP contribution < -0.4 is 0 Å². The minimum Gasteiger partial charge on any atom is -0.147 e. The predicted octanol–water partition coefficient (Wildman–Crippen LogP) is 7.20. The summed E-state index contributed by atoms with van der Waals surface area (Å²) in [6.45, 7) is 11.8. The molecule has 0 aliphatic heterocycles. The van der Waals surface area contributed by atoms with Crippen molar-refractivity contribution in [3.8, 4) is 0 Å². The molecule has 0 saturated heterocycles. The molecule has 4 rings (SSSR count). The van der Waals surface area contributed by atoms with Crippen LogP contribution in [-0.4, -0.2) is 6.88 Å². The van der Waals surface area contributed by atoms with Gasteiger partial charge in [-0.25, -0.2) is 0 Å². The fourth-order valence-electron chi connectivity index (χ4n) is 5.65. The van der Waals surface area contributed by atoms with Crippen LogP contribution in [0.2, 0.25) is 9.26 Å². The van der Waals surface area contributed by atoms with Crippen LogP contribution in [0.5, 0.6) is 0 Å². The van der Waals surface area contributed by atoms with Crippen LogP contribution in [0.25, 0.3) is 5.57 Å². The van der Waals surface area contributed by atoms with E-state index in [1.165, 1.54) is 27.8 Å². The molecule has 0 spiro atoms. The minimum atomic E-state index is -3.29. The SMILES string of the molecule is CC1=C(C)C(C)[C]([Zr]([CH3])([CH3])(=[SiH2])[CH]2C=C(c3ccoc3)c3ccccc32)=C1C.Cl.Cl. The zero-order valence-electron chi connectivity index (χ0n) is 18.2. The van der Waals surface area contributed by atoms with Crippen LogP contribution in [-0.2, 0) is 17.4 Å². The number of furan rings is 1. The van der Waals surface area contributed by atoms with Gasteiger partial charge in [0.2, 0.25) is 0 Å². The van der Waals surface area contributed by atoms with Gasteiger partial charge in [-0.1, -0.05) is 0 Å². The molecule has 2 unspecified atom stereocenters. The summed E-state index contributed by atoms with van der Waals surface area (Å²) in [5.74, 6) is 0.585. The maximum atomic E-state index is 5.41. The summed E-state index contributed by atoms with van der Waals surface area (Å²) in [4.78, 5) is 0. The molecule has 2 atom stereocenters. The molecule has 29 heavy (non-hydrogen) atoms. The number of allylic oxidation sites excluding steroid dienone is 5. The number of hydrogen-bond acceptors (Lipinski definition) is 1. The van der Waals surface area contributed by atoms with Gasteiger partial charge in [0.05, 0.1) is 0 Å². The third-order valence-corrected chi connectivity index (χ3v) is 24.5. The first kappa shape index (κ1) is 24.7. The Hall–Kier alpha value is -0.600. The van der Waals surface area contributed by atoms with Crippen molar-refractivity contribution in [1.29, 1.82) is 0 Å². The van der Waals surface area contributed by atoms with Gasteiger partial charge in [-0.15, -0.1) is 24.8 Å². The van der Waals surface area contributed by atoms with Crippen LogP contribution in [0, 0.1) is 5.92 Å². The van der Waals surface area contributed by atoms with Crippen LogP contribution in [0.3, 0.4) is 0 Å². The second kappa shape index (κ2) is 8.15. The van der Waals surface area contributed by atoms with Gasteiger partial charge in [-0.3, -0.25) is 0 Å². The average molecular weight is 527 g/mol. The van der Waals surface area contributed by atoms with E-state index in [1.54, 1.807) is 20.7 Å². The summed E-state index contributed by atoms with van der Waals surface area (Å²) in [5.41, 5.74) is 10.1. The van der Waals surface area contributed by atoms with E-state index in [2.05, 4.69) is 80.2 Å². The Labute approximate surface area is 190 Å². The fourth-order valence-corrected chi connectivity index (χ4v) is 24.2. The first-order valence-corrected chi connectivity index (χ1v) is 23.4. The number of hydrogen-bond donors (Lipinski definition) is 0. The molecule has 0 N–H and O–H groups in total. The summed E-state index contributed by atoms with van der Waals surface area (Å²) in [5, 5.41) is 0. The first-order chi connectivity index (χ1) is 12.6. The van der Waals surface area contributed by atoms with Gasteiger partial charge in [0.25, 0.3) is 0 Å². The summed E-state index contributed by atoms with van der Waals surface area (Å²) < 4.78 is 13.1. The van der Waals surface area contributed by atoms with Crippen LogP contribution >= 0.6 is 24.8 Å². The molecule has 156 valence electrons. The Balaban J connectivity index is 0.00000150. The quantitative estimate of drug-likeness (QED) is 0.386. The summed E-state index contributed by atoms with van der Waals surface area (Å²) in [6.07, 6.45) is 6.24. The summed E-state index contributed by atoms with van der Waals surface area (Å²) in [6, 6.07) is 11.1. The molecule has 2 aliphatic carbocycles. The maximum absolute atomic E-state index is 5.41. The fraction of sp³-hybridized carbons (Fsp3) is 0.333. The normalized spacial score (nSPS) is 21.6. The molecular weight excluding hydrogens is 494 g/mol.